The van der Waals surface area contributed by atoms with Crippen LogP contribution in [0.3, 0.4) is 0 Å². The summed E-state index contributed by atoms with van der Waals surface area (Å²) in [6.45, 7) is 3.72. The second-order valence-electron chi connectivity index (χ2n) is 5.96. The number of aliphatic hydroxyl groups is 1. The summed E-state index contributed by atoms with van der Waals surface area (Å²) in [5, 5.41) is 17.5. The van der Waals surface area contributed by atoms with Gasteiger partial charge in [0.25, 0.3) is 5.91 Å². The van der Waals surface area contributed by atoms with Crippen LogP contribution in [0.4, 0.5) is 5.69 Å². The van der Waals surface area contributed by atoms with Crippen molar-refractivity contribution in [3.63, 3.8) is 0 Å². The fraction of sp³-hybridized carbons (Fsp3) is 0.158. The predicted octanol–water partition coefficient (Wildman–Crippen LogP) is 4.54. The van der Waals surface area contributed by atoms with E-state index in [1.807, 2.05) is 26.0 Å². The average molecular weight is 390 g/mol. The van der Waals surface area contributed by atoms with Crippen LogP contribution >= 0.6 is 23.2 Å². The van der Waals surface area contributed by atoms with Crippen LogP contribution < -0.4 is 5.32 Å². The minimum absolute atomic E-state index is 0.0410. The van der Waals surface area contributed by atoms with Gasteiger partial charge in [-0.15, -0.1) is 0 Å². The summed E-state index contributed by atoms with van der Waals surface area (Å²) in [5.41, 5.74) is 4.11. The van der Waals surface area contributed by atoms with Crippen molar-refractivity contribution in [3.8, 4) is 5.69 Å². The average Bonchev–Trinajstić information content (AvgIpc) is 3.09. The molecule has 0 aliphatic heterocycles. The summed E-state index contributed by atoms with van der Waals surface area (Å²) >= 11 is 12.2. The number of carbonyl (C=O) groups is 1. The van der Waals surface area contributed by atoms with Crippen molar-refractivity contribution in [2.75, 3.05) is 5.32 Å². The highest BCUT2D eigenvalue weighted by Crippen LogP contribution is 2.25. The molecule has 0 saturated heterocycles. The van der Waals surface area contributed by atoms with Crippen LogP contribution in [0.1, 0.15) is 27.2 Å². The Kier molecular flexibility index (Phi) is 5.32. The number of halogens is 2. The highest BCUT2D eigenvalue weighted by atomic mass is 35.5. The molecule has 0 aliphatic carbocycles. The predicted molar refractivity (Wildman–Crippen MR) is 103 cm³/mol. The second-order valence-corrected chi connectivity index (χ2v) is 6.80. The van der Waals surface area contributed by atoms with E-state index in [1.54, 1.807) is 30.5 Å². The first-order chi connectivity index (χ1) is 12.4. The number of anilines is 1. The first-order valence-electron chi connectivity index (χ1n) is 7.92. The van der Waals surface area contributed by atoms with E-state index in [9.17, 15) is 9.90 Å². The molecule has 0 bridgehead atoms. The number of benzene rings is 2. The molecule has 3 aromatic rings. The molecule has 26 heavy (non-hydrogen) atoms. The van der Waals surface area contributed by atoms with Crippen molar-refractivity contribution in [3.05, 3.63) is 75.0 Å². The molecule has 3 rings (SSSR count). The van der Waals surface area contributed by atoms with Crippen LogP contribution in [0.15, 0.2) is 42.6 Å². The van der Waals surface area contributed by atoms with Gasteiger partial charge >= 0.3 is 0 Å². The van der Waals surface area contributed by atoms with Gasteiger partial charge in [-0.25, -0.2) is 4.68 Å². The Hall–Kier alpha value is -2.34. The topological polar surface area (TPSA) is 67.2 Å². The zero-order chi connectivity index (χ0) is 18.8. The molecule has 1 amide bonds. The van der Waals surface area contributed by atoms with Crippen molar-refractivity contribution in [1.29, 1.82) is 0 Å². The van der Waals surface area contributed by atoms with Gasteiger partial charge in [-0.2, -0.15) is 5.10 Å². The van der Waals surface area contributed by atoms with Crippen LogP contribution in [0, 0.1) is 13.8 Å². The summed E-state index contributed by atoms with van der Waals surface area (Å²) in [7, 11) is 0. The van der Waals surface area contributed by atoms with Gasteiger partial charge in [0, 0.05) is 16.9 Å². The normalized spacial score (nSPS) is 10.8. The number of rotatable bonds is 4. The van der Waals surface area contributed by atoms with Crippen LogP contribution in [0.5, 0.6) is 0 Å². The van der Waals surface area contributed by atoms with Gasteiger partial charge < -0.3 is 10.4 Å². The fourth-order valence-electron chi connectivity index (χ4n) is 2.76. The zero-order valence-corrected chi connectivity index (χ0v) is 15.8. The lowest BCUT2D eigenvalue weighted by Gasteiger charge is -2.12. The Morgan fingerprint density at radius 1 is 1.15 bits per heavy atom. The van der Waals surface area contributed by atoms with Crippen LogP contribution in [-0.4, -0.2) is 20.8 Å². The number of nitrogens with zero attached hydrogens (tertiary/aromatic N) is 2. The molecule has 5 nitrogen and oxygen atoms in total. The van der Waals surface area contributed by atoms with E-state index in [-0.39, 0.29) is 18.2 Å². The minimum Gasteiger partial charge on any atom is -0.392 e. The molecule has 2 aromatic carbocycles. The molecule has 0 spiro atoms. The number of amides is 1. The number of aromatic nitrogens is 2. The molecular weight excluding hydrogens is 373 g/mol. The molecule has 7 heteroatoms. The van der Waals surface area contributed by atoms with Crippen molar-refractivity contribution < 1.29 is 9.90 Å². The third kappa shape index (κ3) is 3.75. The largest absolute Gasteiger partial charge is 0.392 e. The van der Waals surface area contributed by atoms with Crippen molar-refractivity contribution >= 4 is 34.8 Å². The van der Waals surface area contributed by atoms with E-state index in [4.69, 9.17) is 23.2 Å². The maximum Gasteiger partial charge on any atom is 0.276 e. The maximum absolute atomic E-state index is 12.6. The van der Waals surface area contributed by atoms with E-state index in [0.29, 0.717) is 21.4 Å². The number of hydrogen-bond acceptors (Lipinski definition) is 3. The molecule has 134 valence electrons. The molecule has 1 aromatic heterocycles. The number of aryl methyl sites for hydroxylation is 2. The van der Waals surface area contributed by atoms with E-state index in [1.165, 1.54) is 4.68 Å². The lowest BCUT2D eigenvalue weighted by molar-refractivity contribution is 0.102. The lowest BCUT2D eigenvalue weighted by Crippen LogP contribution is -2.15. The summed E-state index contributed by atoms with van der Waals surface area (Å²) in [5.74, 6) is -0.329. The van der Waals surface area contributed by atoms with Gasteiger partial charge in [0.05, 0.1) is 17.3 Å². The Balaban J connectivity index is 1.86. The van der Waals surface area contributed by atoms with Gasteiger partial charge in [-0.3, -0.25) is 4.79 Å². The summed E-state index contributed by atoms with van der Waals surface area (Å²) in [6, 6.07) is 10.3. The van der Waals surface area contributed by atoms with Crippen LogP contribution in [0.25, 0.3) is 5.69 Å². The van der Waals surface area contributed by atoms with E-state index >= 15 is 0 Å². The smallest absolute Gasteiger partial charge is 0.276 e. The van der Waals surface area contributed by atoms with Crippen molar-refractivity contribution in [2.45, 2.75) is 20.5 Å². The first-order valence-corrected chi connectivity index (χ1v) is 8.68. The van der Waals surface area contributed by atoms with E-state index < -0.39 is 0 Å². The van der Waals surface area contributed by atoms with Gasteiger partial charge in [0.2, 0.25) is 0 Å². The van der Waals surface area contributed by atoms with Crippen LogP contribution in [-0.2, 0) is 6.61 Å². The second kappa shape index (κ2) is 7.50. The number of nitrogens with one attached hydrogen (secondary N) is 1. The lowest BCUT2D eigenvalue weighted by atomic mass is 10.0. The van der Waals surface area contributed by atoms with Crippen molar-refractivity contribution in [1.82, 2.24) is 9.78 Å². The van der Waals surface area contributed by atoms with E-state index in [2.05, 4.69) is 10.4 Å². The third-order valence-corrected chi connectivity index (χ3v) is 4.55. The van der Waals surface area contributed by atoms with Gasteiger partial charge in [0.1, 0.15) is 0 Å². The molecule has 0 fully saturated rings. The monoisotopic (exact) mass is 389 g/mol. The number of carbonyl (C=O) groups excluding carboxylic acids is 1. The quantitative estimate of drug-likeness (QED) is 0.687. The molecule has 0 unspecified atom stereocenters. The van der Waals surface area contributed by atoms with Gasteiger partial charge in [-0.1, -0.05) is 35.3 Å². The van der Waals surface area contributed by atoms with Gasteiger partial charge in [-0.05, 0) is 54.8 Å². The molecule has 0 aliphatic rings. The summed E-state index contributed by atoms with van der Waals surface area (Å²) in [6.07, 6.45) is 1.65. The Labute approximate surface area is 161 Å². The first kappa shape index (κ1) is 18.5. The Morgan fingerprint density at radius 2 is 1.85 bits per heavy atom. The Bertz CT molecular complexity index is 960. The molecule has 1 heterocycles. The fourth-order valence-corrected chi connectivity index (χ4v) is 3.13. The number of aliphatic hydroxyl groups excluding tert-OH is 1. The summed E-state index contributed by atoms with van der Waals surface area (Å²) in [4.78, 5) is 12.6. The highest BCUT2D eigenvalue weighted by molar-refractivity contribution is 6.34. The third-order valence-electron chi connectivity index (χ3n) is 3.99. The standard InChI is InChI=1S/C19H17Cl2N3O2/c1-11-7-13(10-25)8-12(2)18(11)22-19(26)16-5-6-24(23-16)17-9-14(20)3-4-15(17)21/h3-9,25H,10H2,1-2H3,(H,22,26). The van der Waals surface area contributed by atoms with E-state index in [0.717, 1.165) is 16.7 Å². The summed E-state index contributed by atoms with van der Waals surface area (Å²) < 4.78 is 1.51. The molecule has 2 N–H and O–H groups in total. The minimum atomic E-state index is -0.329. The molecular formula is C19H17Cl2N3O2. The Morgan fingerprint density at radius 3 is 2.50 bits per heavy atom. The highest BCUT2D eigenvalue weighted by Gasteiger charge is 2.15. The van der Waals surface area contributed by atoms with Crippen molar-refractivity contribution in [2.24, 2.45) is 0 Å². The van der Waals surface area contributed by atoms with Crippen LogP contribution in [0.2, 0.25) is 10.0 Å². The molecule has 0 saturated carbocycles. The maximum atomic E-state index is 12.6. The zero-order valence-electron chi connectivity index (χ0n) is 14.3. The SMILES string of the molecule is Cc1cc(CO)cc(C)c1NC(=O)c1ccn(-c2cc(Cl)ccc2Cl)n1. The van der Waals surface area contributed by atoms with Gasteiger partial charge in [0.15, 0.2) is 5.69 Å². The number of hydrogen-bond donors (Lipinski definition) is 2. The molecule has 0 radical (unpaired) electrons. The molecule has 0 atom stereocenters.